The molecule has 172 valence electrons. The molecule has 0 saturated carbocycles. The summed E-state index contributed by atoms with van der Waals surface area (Å²) in [7, 11) is -3.60. The first-order valence-corrected chi connectivity index (χ1v) is 12.3. The number of ether oxygens (including phenoxy) is 1. The van der Waals surface area contributed by atoms with Crippen LogP contribution in [0.3, 0.4) is 0 Å². The Bertz CT molecular complexity index is 1480. The first-order chi connectivity index (χ1) is 16.6. The van der Waals surface area contributed by atoms with Crippen molar-refractivity contribution in [3.63, 3.8) is 0 Å². The molecule has 0 aliphatic rings. The fraction of sp³-hybridized carbons (Fsp3) is 0.120. The van der Waals surface area contributed by atoms with E-state index in [0.717, 1.165) is 33.4 Å². The van der Waals surface area contributed by atoms with Crippen molar-refractivity contribution >= 4 is 20.9 Å². The summed E-state index contributed by atoms with van der Waals surface area (Å²) in [5, 5.41) is 7.89. The maximum atomic E-state index is 12.7. The highest BCUT2D eigenvalue weighted by molar-refractivity contribution is 7.89. The number of hydrogen-bond donors (Lipinski definition) is 3. The van der Waals surface area contributed by atoms with E-state index in [-0.39, 0.29) is 4.90 Å². The molecule has 5 rings (SSSR count). The molecule has 0 unspecified atom stereocenters. The highest BCUT2D eigenvalue weighted by Crippen LogP contribution is 2.20. The molecule has 3 aromatic heterocycles. The van der Waals surface area contributed by atoms with Gasteiger partial charge in [-0.15, -0.1) is 0 Å². The molecule has 9 heteroatoms. The highest BCUT2D eigenvalue weighted by Gasteiger charge is 2.14. The molecule has 34 heavy (non-hydrogen) atoms. The third-order valence-corrected chi connectivity index (χ3v) is 6.99. The Kier molecular flexibility index (Phi) is 6.11. The van der Waals surface area contributed by atoms with Gasteiger partial charge in [0.05, 0.1) is 22.5 Å². The SMILES string of the molecule is O=S(=O)(NCCc1c[nH]c2ccccc12)c1ccc(COc2ccc(-c3ccn[nH]3)nc2)cc1. The van der Waals surface area contributed by atoms with Crippen LogP contribution in [0, 0.1) is 0 Å². The minimum Gasteiger partial charge on any atom is -0.487 e. The summed E-state index contributed by atoms with van der Waals surface area (Å²) in [6.07, 6.45) is 5.84. The number of sulfonamides is 1. The van der Waals surface area contributed by atoms with Gasteiger partial charge >= 0.3 is 0 Å². The maximum Gasteiger partial charge on any atom is 0.240 e. The van der Waals surface area contributed by atoms with E-state index in [0.29, 0.717) is 25.3 Å². The largest absolute Gasteiger partial charge is 0.487 e. The smallest absolute Gasteiger partial charge is 0.240 e. The van der Waals surface area contributed by atoms with Crippen LogP contribution < -0.4 is 9.46 Å². The summed E-state index contributed by atoms with van der Waals surface area (Å²) in [6, 6.07) is 20.2. The number of hydrogen-bond acceptors (Lipinski definition) is 5. The number of nitrogens with zero attached hydrogens (tertiary/aromatic N) is 2. The van der Waals surface area contributed by atoms with Gasteiger partial charge in [-0.25, -0.2) is 13.1 Å². The fourth-order valence-electron chi connectivity index (χ4n) is 3.70. The summed E-state index contributed by atoms with van der Waals surface area (Å²) in [5.74, 6) is 0.624. The zero-order valence-electron chi connectivity index (χ0n) is 18.2. The lowest BCUT2D eigenvalue weighted by Crippen LogP contribution is -2.26. The van der Waals surface area contributed by atoms with Gasteiger partial charge in [0, 0.05) is 29.8 Å². The van der Waals surface area contributed by atoms with Crippen LogP contribution in [-0.4, -0.2) is 35.1 Å². The molecule has 0 amide bonds. The van der Waals surface area contributed by atoms with Crippen LogP contribution in [0.4, 0.5) is 0 Å². The molecule has 0 bridgehead atoms. The van der Waals surface area contributed by atoms with E-state index >= 15 is 0 Å². The van der Waals surface area contributed by atoms with E-state index in [1.54, 1.807) is 36.7 Å². The Morgan fingerprint density at radius 3 is 2.59 bits per heavy atom. The number of pyridine rings is 1. The summed E-state index contributed by atoms with van der Waals surface area (Å²) in [6.45, 7) is 0.621. The first-order valence-electron chi connectivity index (χ1n) is 10.8. The first kappa shape index (κ1) is 21.9. The second-order valence-electron chi connectivity index (χ2n) is 7.79. The quantitative estimate of drug-likeness (QED) is 0.299. The highest BCUT2D eigenvalue weighted by atomic mass is 32.2. The van der Waals surface area contributed by atoms with Crippen molar-refractivity contribution in [2.24, 2.45) is 0 Å². The number of aromatic nitrogens is 4. The second kappa shape index (κ2) is 9.50. The van der Waals surface area contributed by atoms with Gasteiger partial charge in [0.1, 0.15) is 12.4 Å². The topological polar surface area (TPSA) is 113 Å². The molecule has 3 heterocycles. The molecule has 0 aliphatic heterocycles. The summed E-state index contributed by atoms with van der Waals surface area (Å²) in [4.78, 5) is 7.79. The van der Waals surface area contributed by atoms with E-state index in [2.05, 4.69) is 24.9 Å². The van der Waals surface area contributed by atoms with Crippen molar-refractivity contribution in [1.82, 2.24) is 24.9 Å². The average Bonchev–Trinajstić information content (AvgIpc) is 3.54. The zero-order chi connectivity index (χ0) is 23.4. The van der Waals surface area contributed by atoms with Crippen LogP contribution in [-0.2, 0) is 23.1 Å². The van der Waals surface area contributed by atoms with Gasteiger partial charge in [-0.2, -0.15) is 5.10 Å². The van der Waals surface area contributed by atoms with Gasteiger partial charge in [-0.3, -0.25) is 10.1 Å². The van der Waals surface area contributed by atoms with Crippen LogP contribution in [0.2, 0.25) is 0 Å². The van der Waals surface area contributed by atoms with E-state index < -0.39 is 10.0 Å². The molecule has 0 radical (unpaired) electrons. The second-order valence-corrected chi connectivity index (χ2v) is 9.56. The van der Waals surface area contributed by atoms with Crippen molar-refractivity contribution in [3.05, 3.63) is 96.4 Å². The number of nitrogens with one attached hydrogen (secondary N) is 3. The normalized spacial score (nSPS) is 11.6. The Morgan fingerprint density at radius 2 is 1.82 bits per heavy atom. The number of aromatic amines is 2. The molecule has 0 atom stereocenters. The zero-order valence-corrected chi connectivity index (χ0v) is 19.0. The van der Waals surface area contributed by atoms with E-state index in [1.807, 2.05) is 48.7 Å². The van der Waals surface area contributed by atoms with Gasteiger partial charge in [-0.05, 0) is 53.9 Å². The predicted octanol–water partition coefficient (Wildman–Crippen LogP) is 4.05. The van der Waals surface area contributed by atoms with Crippen LogP contribution in [0.1, 0.15) is 11.1 Å². The third-order valence-electron chi connectivity index (χ3n) is 5.51. The Labute approximate surface area is 197 Å². The van der Waals surface area contributed by atoms with Gasteiger partial charge in [0.25, 0.3) is 0 Å². The molecule has 5 aromatic rings. The van der Waals surface area contributed by atoms with Crippen LogP contribution in [0.15, 0.2) is 90.2 Å². The molecule has 0 aliphatic carbocycles. The number of rotatable bonds is 9. The summed E-state index contributed by atoms with van der Waals surface area (Å²) < 4.78 is 33.8. The molecule has 2 aromatic carbocycles. The van der Waals surface area contributed by atoms with Crippen LogP contribution in [0.25, 0.3) is 22.3 Å². The minimum absolute atomic E-state index is 0.223. The van der Waals surface area contributed by atoms with Crippen LogP contribution in [0.5, 0.6) is 5.75 Å². The molecule has 0 spiro atoms. The Morgan fingerprint density at radius 1 is 0.971 bits per heavy atom. The number of fused-ring (bicyclic) bond motifs is 1. The molecule has 0 saturated heterocycles. The van der Waals surface area contributed by atoms with Gasteiger partial charge in [0.2, 0.25) is 10.0 Å². The van der Waals surface area contributed by atoms with Crippen molar-refractivity contribution in [1.29, 1.82) is 0 Å². The lowest BCUT2D eigenvalue weighted by molar-refractivity contribution is 0.305. The number of benzene rings is 2. The van der Waals surface area contributed by atoms with E-state index in [1.165, 1.54) is 0 Å². The lowest BCUT2D eigenvalue weighted by atomic mass is 10.1. The molecular formula is C25H23N5O3S. The third kappa shape index (κ3) is 4.85. The number of H-pyrrole nitrogens is 2. The average molecular weight is 474 g/mol. The van der Waals surface area contributed by atoms with Crippen molar-refractivity contribution in [2.45, 2.75) is 17.9 Å². The van der Waals surface area contributed by atoms with E-state index in [4.69, 9.17) is 4.74 Å². The Hall–Kier alpha value is -3.95. The lowest BCUT2D eigenvalue weighted by Gasteiger charge is -2.09. The molecule has 3 N–H and O–H groups in total. The van der Waals surface area contributed by atoms with Crippen LogP contribution >= 0.6 is 0 Å². The minimum atomic E-state index is -3.60. The van der Waals surface area contributed by atoms with Crippen molar-refractivity contribution in [2.75, 3.05) is 6.54 Å². The van der Waals surface area contributed by atoms with Gasteiger partial charge in [0.15, 0.2) is 0 Å². The van der Waals surface area contributed by atoms with E-state index in [9.17, 15) is 8.42 Å². The number of para-hydroxylation sites is 1. The van der Waals surface area contributed by atoms with Gasteiger partial charge in [-0.1, -0.05) is 30.3 Å². The van der Waals surface area contributed by atoms with Crippen molar-refractivity contribution in [3.8, 4) is 17.1 Å². The molecule has 0 fully saturated rings. The standard InChI is InChI=1S/C25H23N5O3S/c31-34(32,29-14-11-19-15-26-23-4-2-1-3-22(19)23)21-8-5-18(6-9-21)17-33-20-7-10-24(27-16-20)25-12-13-28-30-25/h1-10,12-13,15-16,26,29H,11,14,17H2,(H,28,30). The van der Waals surface area contributed by atoms with Gasteiger partial charge < -0.3 is 9.72 Å². The summed E-state index contributed by atoms with van der Waals surface area (Å²) >= 11 is 0. The molecule has 8 nitrogen and oxygen atoms in total. The summed E-state index contributed by atoms with van der Waals surface area (Å²) in [5.41, 5.74) is 4.59. The van der Waals surface area contributed by atoms with Crippen molar-refractivity contribution < 1.29 is 13.2 Å². The maximum absolute atomic E-state index is 12.7. The predicted molar refractivity (Wildman–Crippen MR) is 130 cm³/mol. The Balaban J connectivity index is 1.15. The molecular weight excluding hydrogens is 450 g/mol. The fourth-order valence-corrected chi connectivity index (χ4v) is 4.73. The monoisotopic (exact) mass is 473 g/mol.